The molecule has 0 aliphatic carbocycles. The van der Waals surface area contributed by atoms with E-state index in [0.29, 0.717) is 26.4 Å². The van der Waals surface area contributed by atoms with Crippen molar-refractivity contribution in [3.63, 3.8) is 0 Å². The average molecular weight is 265 g/mol. The van der Waals surface area contributed by atoms with Gasteiger partial charge in [0.1, 0.15) is 5.75 Å². The summed E-state index contributed by atoms with van der Waals surface area (Å²) < 4.78 is 11.0. The fraction of sp³-hybridized carbons (Fsp3) is 0.600. The number of para-hydroxylation sites is 1. The van der Waals surface area contributed by atoms with E-state index in [1.54, 1.807) is 0 Å². The molecule has 0 radical (unpaired) electrons. The van der Waals surface area contributed by atoms with Crippen molar-refractivity contribution in [1.29, 1.82) is 0 Å². The van der Waals surface area contributed by atoms with Crippen molar-refractivity contribution >= 4 is 0 Å². The predicted octanol–water partition coefficient (Wildman–Crippen LogP) is 1.87. The van der Waals surface area contributed by atoms with E-state index >= 15 is 0 Å². The zero-order valence-corrected chi connectivity index (χ0v) is 11.5. The van der Waals surface area contributed by atoms with Gasteiger partial charge in [0.25, 0.3) is 0 Å². The molecule has 1 fully saturated rings. The van der Waals surface area contributed by atoms with Gasteiger partial charge in [0.15, 0.2) is 0 Å². The molecule has 1 aromatic rings. The van der Waals surface area contributed by atoms with Crippen molar-refractivity contribution in [2.45, 2.75) is 25.9 Å². The summed E-state index contributed by atoms with van der Waals surface area (Å²) in [6.07, 6.45) is 0.958. The van der Waals surface area contributed by atoms with Gasteiger partial charge >= 0.3 is 0 Å². The monoisotopic (exact) mass is 265 g/mol. The Kier molecular flexibility index (Phi) is 4.80. The average Bonchev–Trinajstić information content (AvgIpc) is 2.48. The van der Waals surface area contributed by atoms with E-state index in [1.165, 1.54) is 0 Å². The Morgan fingerprint density at radius 2 is 2.05 bits per heavy atom. The van der Waals surface area contributed by atoms with E-state index in [2.05, 4.69) is 0 Å². The second-order valence-corrected chi connectivity index (χ2v) is 5.05. The number of benzene rings is 1. The molecule has 4 heteroatoms. The first kappa shape index (κ1) is 14.3. The van der Waals surface area contributed by atoms with Crippen LogP contribution in [0.15, 0.2) is 24.3 Å². The Bertz CT molecular complexity index is 402. The minimum Gasteiger partial charge on any atom is -0.493 e. The van der Waals surface area contributed by atoms with Gasteiger partial charge in [0.05, 0.1) is 12.7 Å². The molecule has 0 bridgehead atoms. The van der Waals surface area contributed by atoms with Crippen LogP contribution in [0, 0.1) is 5.41 Å². The molecule has 0 saturated carbocycles. The molecule has 2 rings (SSSR count). The Morgan fingerprint density at radius 1 is 1.37 bits per heavy atom. The summed E-state index contributed by atoms with van der Waals surface area (Å²) in [5.41, 5.74) is 6.47. The van der Waals surface area contributed by atoms with Gasteiger partial charge in [-0.05, 0) is 25.8 Å². The molecule has 1 aliphatic rings. The normalized spacial score (nSPS) is 19.9. The first-order valence-electron chi connectivity index (χ1n) is 6.91. The molecule has 1 saturated heterocycles. The summed E-state index contributed by atoms with van der Waals surface area (Å²) in [5, 5.41) is 10.8. The molecule has 106 valence electrons. The third-order valence-electron chi connectivity index (χ3n) is 3.99. The van der Waals surface area contributed by atoms with Crippen molar-refractivity contribution in [1.82, 2.24) is 0 Å². The highest BCUT2D eigenvalue weighted by Crippen LogP contribution is 2.44. The molecule has 1 aliphatic heterocycles. The molecule has 1 atom stereocenters. The maximum Gasteiger partial charge on any atom is 0.125 e. The maximum absolute atomic E-state index is 10.8. The van der Waals surface area contributed by atoms with E-state index in [9.17, 15) is 5.11 Å². The SMILES string of the molecule is CCOc1ccccc1[C@@H](O)C1(CN)CCOCC1. The second kappa shape index (κ2) is 6.37. The van der Waals surface area contributed by atoms with Crippen LogP contribution in [0.2, 0.25) is 0 Å². The van der Waals surface area contributed by atoms with Crippen LogP contribution < -0.4 is 10.5 Å². The molecule has 0 spiro atoms. The van der Waals surface area contributed by atoms with Crippen LogP contribution in [-0.4, -0.2) is 31.5 Å². The molecule has 0 amide bonds. The molecular weight excluding hydrogens is 242 g/mol. The van der Waals surface area contributed by atoms with Crippen LogP contribution in [0.4, 0.5) is 0 Å². The zero-order valence-electron chi connectivity index (χ0n) is 11.5. The minimum absolute atomic E-state index is 0.300. The predicted molar refractivity (Wildman–Crippen MR) is 74.1 cm³/mol. The van der Waals surface area contributed by atoms with Crippen LogP contribution >= 0.6 is 0 Å². The molecule has 1 heterocycles. The summed E-state index contributed by atoms with van der Waals surface area (Å²) in [6.45, 7) is 4.30. The Balaban J connectivity index is 2.28. The molecule has 1 aromatic carbocycles. The molecule has 4 nitrogen and oxygen atoms in total. The van der Waals surface area contributed by atoms with Gasteiger partial charge in [-0.15, -0.1) is 0 Å². The second-order valence-electron chi connectivity index (χ2n) is 5.05. The lowest BCUT2D eigenvalue weighted by atomic mass is 9.73. The first-order valence-corrected chi connectivity index (χ1v) is 6.91. The van der Waals surface area contributed by atoms with Crippen LogP contribution in [0.5, 0.6) is 5.75 Å². The molecule has 0 aromatic heterocycles. The number of aliphatic hydroxyl groups excluding tert-OH is 1. The van der Waals surface area contributed by atoms with Gasteiger partial charge in [0, 0.05) is 30.7 Å². The fourth-order valence-electron chi connectivity index (χ4n) is 2.69. The number of hydrogen-bond donors (Lipinski definition) is 2. The standard InChI is InChI=1S/C15H23NO3/c1-2-19-13-6-4-3-5-12(13)14(17)15(11-16)7-9-18-10-8-15/h3-6,14,17H,2,7-11,16H2,1H3/t14-/m1/s1. The third-order valence-corrected chi connectivity index (χ3v) is 3.99. The molecule has 0 unspecified atom stereocenters. The Hall–Kier alpha value is -1.10. The summed E-state index contributed by atoms with van der Waals surface area (Å²) in [5.74, 6) is 0.747. The fourth-order valence-corrected chi connectivity index (χ4v) is 2.69. The topological polar surface area (TPSA) is 64.7 Å². The van der Waals surface area contributed by atoms with Crippen LogP contribution in [0.1, 0.15) is 31.4 Å². The van der Waals surface area contributed by atoms with Crippen molar-refractivity contribution in [3.05, 3.63) is 29.8 Å². The summed E-state index contributed by atoms with van der Waals surface area (Å²) in [6, 6.07) is 7.65. The highest BCUT2D eigenvalue weighted by Gasteiger charge is 2.40. The highest BCUT2D eigenvalue weighted by atomic mass is 16.5. The van der Waals surface area contributed by atoms with Crippen molar-refractivity contribution < 1.29 is 14.6 Å². The molecular formula is C15H23NO3. The van der Waals surface area contributed by atoms with Gasteiger partial charge in [-0.2, -0.15) is 0 Å². The van der Waals surface area contributed by atoms with E-state index in [1.807, 2.05) is 31.2 Å². The number of hydrogen-bond acceptors (Lipinski definition) is 4. The largest absolute Gasteiger partial charge is 0.493 e. The van der Waals surface area contributed by atoms with Gasteiger partial charge in [0.2, 0.25) is 0 Å². The quantitative estimate of drug-likeness (QED) is 0.853. The van der Waals surface area contributed by atoms with Crippen molar-refractivity contribution in [2.24, 2.45) is 11.1 Å². The number of ether oxygens (including phenoxy) is 2. The van der Waals surface area contributed by atoms with Crippen molar-refractivity contribution in [2.75, 3.05) is 26.4 Å². The lowest BCUT2D eigenvalue weighted by molar-refractivity contribution is -0.0589. The molecule has 3 N–H and O–H groups in total. The Labute approximate surface area is 114 Å². The van der Waals surface area contributed by atoms with E-state index in [0.717, 1.165) is 24.2 Å². The summed E-state index contributed by atoms with van der Waals surface area (Å²) >= 11 is 0. The lowest BCUT2D eigenvalue weighted by Crippen LogP contribution is -2.41. The van der Waals surface area contributed by atoms with E-state index < -0.39 is 6.10 Å². The smallest absolute Gasteiger partial charge is 0.125 e. The lowest BCUT2D eigenvalue weighted by Gasteiger charge is -2.40. The van der Waals surface area contributed by atoms with E-state index in [-0.39, 0.29) is 5.41 Å². The summed E-state index contributed by atoms with van der Waals surface area (Å²) in [4.78, 5) is 0. The number of aliphatic hydroxyl groups is 1. The van der Waals surface area contributed by atoms with Crippen LogP contribution in [-0.2, 0) is 4.74 Å². The first-order chi connectivity index (χ1) is 9.23. The third kappa shape index (κ3) is 2.91. The van der Waals surface area contributed by atoms with Crippen molar-refractivity contribution in [3.8, 4) is 5.75 Å². The number of rotatable bonds is 5. The van der Waals surface area contributed by atoms with Crippen LogP contribution in [0.25, 0.3) is 0 Å². The van der Waals surface area contributed by atoms with Gasteiger partial charge in [-0.1, -0.05) is 18.2 Å². The Morgan fingerprint density at radius 3 is 2.68 bits per heavy atom. The highest BCUT2D eigenvalue weighted by molar-refractivity contribution is 5.36. The minimum atomic E-state index is -0.607. The number of nitrogens with two attached hydrogens (primary N) is 1. The van der Waals surface area contributed by atoms with E-state index in [4.69, 9.17) is 15.2 Å². The van der Waals surface area contributed by atoms with Gasteiger partial charge in [-0.25, -0.2) is 0 Å². The van der Waals surface area contributed by atoms with Crippen LogP contribution in [0.3, 0.4) is 0 Å². The zero-order chi connectivity index (χ0) is 13.7. The summed E-state index contributed by atoms with van der Waals surface area (Å²) in [7, 11) is 0. The molecule has 19 heavy (non-hydrogen) atoms. The maximum atomic E-state index is 10.8. The van der Waals surface area contributed by atoms with Gasteiger partial charge < -0.3 is 20.3 Å². The van der Waals surface area contributed by atoms with Gasteiger partial charge in [-0.3, -0.25) is 0 Å².